The molecule has 0 aliphatic carbocycles. The highest BCUT2D eigenvalue weighted by Gasteiger charge is 2.23. The first kappa shape index (κ1) is 6.23. The van der Waals surface area contributed by atoms with E-state index < -0.39 is 0 Å². The Morgan fingerprint density at radius 3 is 3.30 bits per heavy atom. The third kappa shape index (κ3) is 0.833. The zero-order chi connectivity index (χ0) is 6.97. The van der Waals surface area contributed by atoms with E-state index >= 15 is 0 Å². The summed E-state index contributed by atoms with van der Waals surface area (Å²) in [5.41, 5.74) is 1.52. The number of hydrogen-bond donors (Lipinski definition) is 1. The van der Waals surface area contributed by atoms with Crippen molar-refractivity contribution in [3.63, 3.8) is 0 Å². The van der Waals surface area contributed by atoms with Gasteiger partial charge in [0.25, 0.3) is 0 Å². The van der Waals surface area contributed by atoms with Crippen LogP contribution in [0.2, 0.25) is 0 Å². The first-order valence-electron chi connectivity index (χ1n) is 4.06. The lowest BCUT2D eigenvalue weighted by Crippen LogP contribution is -2.45. The van der Waals surface area contributed by atoms with E-state index in [0.717, 1.165) is 6.54 Å². The summed E-state index contributed by atoms with van der Waals surface area (Å²) in [5.74, 6) is 0. The summed E-state index contributed by atoms with van der Waals surface area (Å²) < 4.78 is 0. The van der Waals surface area contributed by atoms with Crippen LogP contribution in [-0.4, -0.2) is 30.6 Å². The predicted octanol–water partition coefficient (Wildman–Crippen LogP) is 0.568. The van der Waals surface area contributed by atoms with Crippen LogP contribution in [0.1, 0.15) is 13.3 Å². The largest absolute Gasteiger partial charge is 0.372 e. The Balaban J connectivity index is 2.15. The molecule has 0 aromatic carbocycles. The second kappa shape index (κ2) is 2.27. The Bertz CT molecular complexity index is 163. The summed E-state index contributed by atoms with van der Waals surface area (Å²) in [6, 6.07) is 0.594. The summed E-state index contributed by atoms with van der Waals surface area (Å²) >= 11 is 0. The predicted molar refractivity (Wildman–Crippen MR) is 41.7 cm³/mol. The number of nitrogens with zero attached hydrogens (tertiary/aromatic N) is 1. The summed E-state index contributed by atoms with van der Waals surface area (Å²) in [5, 5.41) is 3.44. The molecule has 10 heavy (non-hydrogen) atoms. The molecule has 0 aromatic rings. The molecule has 2 aliphatic rings. The van der Waals surface area contributed by atoms with Crippen molar-refractivity contribution in [2.24, 2.45) is 0 Å². The van der Waals surface area contributed by atoms with Crippen molar-refractivity contribution in [3.05, 3.63) is 11.8 Å². The van der Waals surface area contributed by atoms with E-state index in [1.54, 1.807) is 0 Å². The summed E-state index contributed by atoms with van der Waals surface area (Å²) in [6.07, 6.45) is 3.61. The van der Waals surface area contributed by atoms with Gasteiger partial charge >= 0.3 is 0 Å². The quantitative estimate of drug-likeness (QED) is 0.526. The molecule has 2 heterocycles. The van der Waals surface area contributed by atoms with Gasteiger partial charge in [-0.2, -0.15) is 0 Å². The fourth-order valence-electron chi connectivity index (χ4n) is 1.84. The van der Waals surface area contributed by atoms with Crippen LogP contribution in [0.3, 0.4) is 0 Å². The summed E-state index contributed by atoms with van der Waals surface area (Å²) in [4.78, 5) is 2.49. The highest BCUT2D eigenvalue weighted by atomic mass is 15.2. The van der Waals surface area contributed by atoms with Gasteiger partial charge in [0.15, 0.2) is 0 Å². The third-order valence-electron chi connectivity index (χ3n) is 2.39. The van der Waals surface area contributed by atoms with E-state index in [2.05, 4.69) is 23.2 Å². The van der Waals surface area contributed by atoms with Crippen LogP contribution in [0.25, 0.3) is 0 Å². The van der Waals surface area contributed by atoms with Crippen molar-refractivity contribution in [1.29, 1.82) is 0 Å². The van der Waals surface area contributed by atoms with E-state index in [1.165, 1.54) is 25.2 Å². The molecule has 56 valence electrons. The zero-order valence-electron chi connectivity index (χ0n) is 6.43. The van der Waals surface area contributed by atoms with Gasteiger partial charge in [-0.3, -0.25) is 0 Å². The van der Waals surface area contributed by atoms with Gasteiger partial charge in [0, 0.05) is 31.4 Å². The van der Waals surface area contributed by atoms with Gasteiger partial charge in [0.1, 0.15) is 0 Å². The Kier molecular flexibility index (Phi) is 1.42. The smallest absolute Gasteiger partial charge is 0.0440 e. The molecule has 2 rings (SSSR count). The number of rotatable bonds is 0. The Morgan fingerprint density at radius 2 is 2.50 bits per heavy atom. The van der Waals surface area contributed by atoms with Gasteiger partial charge < -0.3 is 10.2 Å². The van der Waals surface area contributed by atoms with Gasteiger partial charge in [0.05, 0.1) is 0 Å². The van der Waals surface area contributed by atoms with Crippen molar-refractivity contribution in [3.8, 4) is 0 Å². The number of piperazine rings is 1. The van der Waals surface area contributed by atoms with Crippen LogP contribution in [0.4, 0.5) is 0 Å². The number of nitrogens with one attached hydrogen (secondary N) is 1. The fourth-order valence-corrected chi connectivity index (χ4v) is 1.84. The first-order chi connectivity index (χ1) is 4.88. The van der Waals surface area contributed by atoms with Crippen LogP contribution >= 0.6 is 0 Å². The van der Waals surface area contributed by atoms with Gasteiger partial charge in [-0.1, -0.05) is 6.08 Å². The lowest BCUT2D eigenvalue weighted by Gasteiger charge is -2.32. The fraction of sp³-hybridized carbons (Fsp3) is 0.750. The van der Waals surface area contributed by atoms with Crippen molar-refractivity contribution < 1.29 is 0 Å². The highest BCUT2D eigenvalue weighted by molar-refractivity contribution is 5.15. The second-order valence-corrected chi connectivity index (χ2v) is 3.08. The first-order valence-corrected chi connectivity index (χ1v) is 4.06. The SMILES string of the molecule is CC1NCCN2CCC=C12. The Morgan fingerprint density at radius 1 is 1.60 bits per heavy atom. The molecule has 1 N–H and O–H groups in total. The number of fused-ring (bicyclic) bond motifs is 1. The van der Waals surface area contributed by atoms with E-state index in [4.69, 9.17) is 0 Å². The molecular weight excluding hydrogens is 124 g/mol. The van der Waals surface area contributed by atoms with E-state index in [1.807, 2.05) is 0 Å². The van der Waals surface area contributed by atoms with Gasteiger partial charge in [-0.05, 0) is 13.3 Å². The van der Waals surface area contributed by atoms with Crippen LogP contribution in [-0.2, 0) is 0 Å². The maximum atomic E-state index is 3.44. The van der Waals surface area contributed by atoms with Crippen LogP contribution < -0.4 is 5.32 Å². The van der Waals surface area contributed by atoms with Crippen molar-refractivity contribution in [2.45, 2.75) is 19.4 Å². The standard InChI is InChI=1S/C8H14N2/c1-7-8-3-2-5-10(8)6-4-9-7/h3,7,9H,2,4-6H2,1H3. The molecule has 1 fully saturated rings. The minimum Gasteiger partial charge on any atom is -0.372 e. The van der Waals surface area contributed by atoms with Crippen molar-refractivity contribution >= 4 is 0 Å². The molecular formula is C8H14N2. The van der Waals surface area contributed by atoms with E-state index in [9.17, 15) is 0 Å². The molecule has 2 nitrogen and oxygen atoms in total. The third-order valence-corrected chi connectivity index (χ3v) is 2.39. The van der Waals surface area contributed by atoms with Crippen LogP contribution in [0.5, 0.6) is 0 Å². The van der Waals surface area contributed by atoms with E-state index in [0.29, 0.717) is 6.04 Å². The van der Waals surface area contributed by atoms with E-state index in [-0.39, 0.29) is 0 Å². The molecule has 0 aromatic heterocycles. The molecule has 1 unspecified atom stereocenters. The minimum absolute atomic E-state index is 0.594. The van der Waals surface area contributed by atoms with Crippen molar-refractivity contribution in [1.82, 2.24) is 10.2 Å². The van der Waals surface area contributed by atoms with Gasteiger partial charge in [0.2, 0.25) is 0 Å². The van der Waals surface area contributed by atoms with Crippen LogP contribution in [0, 0.1) is 0 Å². The number of hydrogen-bond acceptors (Lipinski definition) is 2. The molecule has 1 saturated heterocycles. The average molecular weight is 138 g/mol. The zero-order valence-corrected chi connectivity index (χ0v) is 6.43. The average Bonchev–Trinajstić information content (AvgIpc) is 2.36. The lowest BCUT2D eigenvalue weighted by atomic mass is 10.2. The van der Waals surface area contributed by atoms with Gasteiger partial charge in [-0.25, -0.2) is 0 Å². The molecule has 2 aliphatic heterocycles. The molecule has 0 radical (unpaired) electrons. The van der Waals surface area contributed by atoms with Crippen LogP contribution in [0.15, 0.2) is 11.8 Å². The molecule has 0 amide bonds. The second-order valence-electron chi connectivity index (χ2n) is 3.08. The Labute approximate surface area is 61.9 Å². The maximum absolute atomic E-state index is 3.44. The lowest BCUT2D eigenvalue weighted by molar-refractivity contribution is 0.296. The Hall–Kier alpha value is -0.500. The normalized spacial score (nSPS) is 31.9. The topological polar surface area (TPSA) is 15.3 Å². The van der Waals surface area contributed by atoms with Crippen molar-refractivity contribution in [2.75, 3.05) is 19.6 Å². The summed E-state index contributed by atoms with van der Waals surface area (Å²) in [7, 11) is 0. The highest BCUT2D eigenvalue weighted by Crippen LogP contribution is 2.19. The molecule has 0 saturated carbocycles. The van der Waals surface area contributed by atoms with Gasteiger partial charge in [-0.15, -0.1) is 0 Å². The molecule has 2 heteroatoms. The molecule has 0 spiro atoms. The molecule has 0 bridgehead atoms. The molecule has 1 atom stereocenters. The maximum Gasteiger partial charge on any atom is 0.0440 e. The monoisotopic (exact) mass is 138 g/mol. The minimum atomic E-state index is 0.594. The summed E-state index contributed by atoms with van der Waals surface area (Å²) in [6.45, 7) is 5.85.